The minimum Gasteiger partial charge on any atom is -0.373 e. The maximum Gasteiger partial charge on any atom is 0.227 e. The number of nitrogens with zero attached hydrogens (tertiary/aromatic N) is 1. The van der Waals surface area contributed by atoms with Crippen LogP contribution in [0.5, 0.6) is 0 Å². The molecule has 2 N–H and O–H groups in total. The predicted molar refractivity (Wildman–Crippen MR) is 103 cm³/mol. The van der Waals surface area contributed by atoms with Crippen LogP contribution in [-0.2, 0) is 16.1 Å². The van der Waals surface area contributed by atoms with Gasteiger partial charge in [-0.1, -0.05) is 67.6 Å². The Labute approximate surface area is 156 Å². The molecule has 0 aliphatic carbocycles. The number of rotatable bonds is 6. The van der Waals surface area contributed by atoms with Gasteiger partial charge in [0.2, 0.25) is 5.91 Å². The summed E-state index contributed by atoms with van der Waals surface area (Å²) >= 11 is 0. The Morgan fingerprint density at radius 2 is 1.65 bits per heavy atom. The lowest BCUT2D eigenvalue weighted by atomic mass is 9.93. The fourth-order valence-corrected chi connectivity index (χ4v) is 3.44. The highest BCUT2D eigenvalue weighted by Gasteiger charge is 2.29. The van der Waals surface area contributed by atoms with E-state index in [2.05, 4.69) is 12.1 Å². The summed E-state index contributed by atoms with van der Waals surface area (Å²) < 4.78 is 6.01. The molecule has 0 spiro atoms. The van der Waals surface area contributed by atoms with E-state index < -0.39 is 0 Å². The molecule has 0 saturated carbocycles. The summed E-state index contributed by atoms with van der Waals surface area (Å²) in [4.78, 5) is 14.7. The van der Waals surface area contributed by atoms with E-state index in [4.69, 9.17) is 10.5 Å². The van der Waals surface area contributed by atoms with Crippen molar-refractivity contribution in [2.75, 3.05) is 13.1 Å². The molecule has 1 aliphatic heterocycles. The van der Waals surface area contributed by atoms with Gasteiger partial charge < -0.3 is 15.4 Å². The van der Waals surface area contributed by atoms with E-state index in [1.54, 1.807) is 0 Å². The van der Waals surface area contributed by atoms with E-state index in [0.717, 1.165) is 31.5 Å². The molecular weight excluding hydrogens is 324 g/mol. The fourth-order valence-electron chi connectivity index (χ4n) is 3.44. The van der Waals surface area contributed by atoms with Crippen LogP contribution in [0.1, 0.15) is 36.9 Å². The molecule has 2 unspecified atom stereocenters. The van der Waals surface area contributed by atoms with E-state index in [1.165, 1.54) is 5.56 Å². The second kappa shape index (κ2) is 8.97. The maximum atomic E-state index is 12.8. The monoisotopic (exact) mass is 352 g/mol. The Morgan fingerprint density at radius 1 is 1.08 bits per heavy atom. The van der Waals surface area contributed by atoms with Crippen molar-refractivity contribution in [3.8, 4) is 0 Å². The number of hydrogen-bond acceptors (Lipinski definition) is 3. The first-order chi connectivity index (χ1) is 12.6. The molecule has 2 aromatic carbocycles. The van der Waals surface area contributed by atoms with Gasteiger partial charge in [0.05, 0.1) is 18.6 Å². The van der Waals surface area contributed by atoms with Crippen molar-refractivity contribution in [3.05, 3.63) is 71.8 Å². The van der Waals surface area contributed by atoms with Crippen LogP contribution in [0.2, 0.25) is 0 Å². The summed E-state index contributed by atoms with van der Waals surface area (Å²) in [6.45, 7) is 4.04. The quantitative estimate of drug-likeness (QED) is 0.865. The summed E-state index contributed by atoms with van der Waals surface area (Å²) in [6, 6.07) is 19.8. The first-order valence-corrected chi connectivity index (χ1v) is 9.40. The Hall–Kier alpha value is -2.17. The van der Waals surface area contributed by atoms with Gasteiger partial charge in [-0.05, 0) is 24.0 Å². The fraction of sp³-hybridized carbons (Fsp3) is 0.409. The van der Waals surface area contributed by atoms with Gasteiger partial charge in [0.25, 0.3) is 0 Å². The van der Waals surface area contributed by atoms with Gasteiger partial charge >= 0.3 is 0 Å². The number of carbonyl (C=O) groups is 1. The third-order valence-electron chi connectivity index (χ3n) is 5.19. The normalized spacial score (nSPS) is 17.7. The molecule has 0 radical (unpaired) electrons. The number of piperidine rings is 1. The zero-order chi connectivity index (χ0) is 18.4. The van der Waals surface area contributed by atoms with Crippen molar-refractivity contribution >= 4 is 5.91 Å². The van der Waals surface area contributed by atoms with Crippen molar-refractivity contribution in [1.82, 2.24) is 4.90 Å². The van der Waals surface area contributed by atoms with Crippen molar-refractivity contribution in [2.45, 2.75) is 38.5 Å². The van der Waals surface area contributed by atoms with Crippen LogP contribution in [0.25, 0.3) is 0 Å². The minimum atomic E-state index is -0.268. The van der Waals surface area contributed by atoms with E-state index in [9.17, 15) is 4.79 Å². The molecule has 2 aromatic rings. The van der Waals surface area contributed by atoms with Gasteiger partial charge in [0.1, 0.15) is 0 Å². The van der Waals surface area contributed by atoms with Crippen LogP contribution in [0.4, 0.5) is 0 Å². The molecule has 1 saturated heterocycles. The van der Waals surface area contributed by atoms with E-state index in [-0.39, 0.29) is 24.0 Å². The van der Waals surface area contributed by atoms with E-state index >= 15 is 0 Å². The largest absolute Gasteiger partial charge is 0.373 e. The second-order valence-electron chi connectivity index (χ2n) is 7.05. The molecule has 3 rings (SSSR count). The SMILES string of the molecule is CC(C(=O)N1CCC(OCc2ccccc2)CC1)C(N)c1ccccc1. The summed E-state index contributed by atoms with van der Waals surface area (Å²) in [5.41, 5.74) is 8.51. The summed E-state index contributed by atoms with van der Waals surface area (Å²) in [5.74, 6) is -0.0814. The molecule has 2 atom stereocenters. The number of likely N-dealkylation sites (tertiary alicyclic amines) is 1. The number of carbonyl (C=O) groups excluding carboxylic acids is 1. The molecule has 0 aromatic heterocycles. The Bertz CT molecular complexity index is 682. The molecule has 138 valence electrons. The van der Waals surface area contributed by atoms with Gasteiger partial charge in [-0.2, -0.15) is 0 Å². The number of benzene rings is 2. The van der Waals surface area contributed by atoms with Crippen molar-refractivity contribution in [3.63, 3.8) is 0 Å². The number of amides is 1. The molecule has 1 amide bonds. The van der Waals surface area contributed by atoms with Crippen molar-refractivity contribution in [2.24, 2.45) is 11.7 Å². The third kappa shape index (κ3) is 4.71. The van der Waals surface area contributed by atoms with Gasteiger partial charge in [-0.25, -0.2) is 0 Å². The highest BCUT2D eigenvalue weighted by atomic mass is 16.5. The smallest absolute Gasteiger partial charge is 0.227 e. The molecule has 1 heterocycles. The van der Waals surface area contributed by atoms with Crippen LogP contribution in [0, 0.1) is 5.92 Å². The van der Waals surface area contributed by atoms with Crippen LogP contribution >= 0.6 is 0 Å². The maximum absolute atomic E-state index is 12.8. The van der Waals surface area contributed by atoms with Gasteiger partial charge in [-0.3, -0.25) is 4.79 Å². The van der Waals surface area contributed by atoms with Crippen LogP contribution in [0.15, 0.2) is 60.7 Å². The summed E-state index contributed by atoms with van der Waals surface area (Å²) in [5, 5.41) is 0. The lowest BCUT2D eigenvalue weighted by molar-refractivity contribution is -0.138. The molecule has 1 aliphatic rings. The number of nitrogens with two attached hydrogens (primary N) is 1. The average molecular weight is 352 g/mol. The zero-order valence-electron chi connectivity index (χ0n) is 15.4. The average Bonchev–Trinajstić information content (AvgIpc) is 2.72. The van der Waals surface area contributed by atoms with Gasteiger partial charge in [0, 0.05) is 19.1 Å². The third-order valence-corrected chi connectivity index (χ3v) is 5.19. The highest BCUT2D eigenvalue weighted by Crippen LogP contribution is 2.23. The molecule has 1 fully saturated rings. The molecule has 0 bridgehead atoms. The van der Waals surface area contributed by atoms with Gasteiger partial charge in [-0.15, -0.1) is 0 Å². The lowest BCUT2D eigenvalue weighted by Gasteiger charge is -2.34. The second-order valence-corrected chi connectivity index (χ2v) is 7.05. The lowest BCUT2D eigenvalue weighted by Crippen LogP contribution is -2.45. The molecule has 4 nitrogen and oxygen atoms in total. The zero-order valence-corrected chi connectivity index (χ0v) is 15.4. The Morgan fingerprint density at radius 3 is 2.27 bits per heavy atom. The van der Waals surface area contributed by atoms with E-state index in [1.807, 2.05) is 60.4 Å². The van der Waals surface area contributed by atoms with Crippen LogP contribution in [0.3, 0.4) is 0 Å². The Balaban J connectivity index is 1.47. The van der Waals surface area contributed by atoms with E-state index in [0.29, 0.717) is 6.61 Å². The standard InChI is InChI=1S/C22H28N2O2/c1-17(21(23)19-10-6-3-7-11-19)22(25)24-14-12-20(13-15-24)26-16-18-8-4-2-5-9-18/h2-11,17,20-21H,12-16,23H2,1H3. The highest BCUT2D eigenvalue weighted by molar-refractivity contribution is 5.79. The molecule has 26 heavy (non-hydrogen) atoms. The van der Waals surface area contributed by atoms with Crippen LogP contribution in [-0.4, -0.2) is 30.0 Å². The summed E-state index contributed by atoms with van der Waals surface area (Å²) in [7, 11) is 0. The first kappa shape index (κ1) is 18.6. The van der Waals surface area contributed by atoms with Crippen LogP contribution < -0.4 is 5.73 Å². The summed E-state index contributed by atoms with van der Waals surface area (Å²) in [6.07, 6.45) is 1.98. The van der Waals surface area contributed by atoms with Crippen molar-refractivity contribution < 1.29 is 9.53 Å². The van der Waals surface area contributed by atoms with Crippen molar-refractivity contribution in [1.29, 1.82) is 0 Å². The molecular formula is C22H28N2O2. The first-order valence-electron chi connectivity index (χ1n) is 9.40. The Kier molecular flexibility index (Phi) is 6.42. The number of hydrogen-bond donors (Lipinski definition) is 1. The van der Waals surface area contributed by atoms with Gasteiger partial charge in [0.15, 0.2) is 0 Å². The topological polar surface area (TPSA) is 55.6 Å². The number of ether oxygens (including phenoxy) is 1. The predicted octanol–water partition coefficient (Wildman–Crippen LogP) is 3.53. The molecule has 4 heteroatoms. The minimum absolute atomic E-state index is 0.142.